The van der Waals surface area contributed by atoms with Crippen LogP contribution in [0.2, 0.25) is 0 Å². The van der Waals surface area contributed by atoms with Gasteiger partial charge in [-0.1, -0.05) is 42.5 Å². The third-order valence-corrected chi connectivity index (χ3v) is 6.57. The second-order valence-corrected chi connectivity index (χ2v) is 9.47. The van der Waals surface area contributed by atoms with E-state index < -0.39 is 11.7 Å². The number of nitrogens with zero attached hydrogens (tertiary/aromatic N) is 3. The van der Waals surface area contributed by atoms with Gasteiger partial charge in [-0.3, -0.25) is 14.7 Å². The molecule has 0 radical (unpaired) electrons. The van der Waals surface area contributed by atoms with Crippen LogP contribution >= 0.6 is 0 Å². The highest BCUT2D eigenvalue weighted by atomic mass is 19.4. The van der Waals surface area contributed by atoms with Crippen molar-refractivity contribution in [1.29, 1.82) is 0 Å². The van der Waals surface area contributed by atoms with Crippen LogP contribution in [0.4, 0.5) is 13.2 Å². The van der Waals surface area contributed by atoms with Crippen molar-refractivity contribution in [3.63, 3.8) is 0 Å². The Morgan fingerprint density at radius 1 is 1.00 bits per heavy atom. The molecule has 0 aliphatic rings. The summed E-state index contributed by atoms with van der Waals surface area (Å²) in [6.45, 7) is 1.40. The highest BCUT2D eigenvalue weighted by Crippen LogP contribution is 2.30. The van der Waals surface area contributed by atoms with Gasteiger partial charge in [0.15, 0.2) is 5.69 Å². The highest BCUT2D eigenvalue weighted by molar-refractivity contribution is 5.91. The van der Waals surface area contributed by atoms with Crippen LogP contribution in [0, 0.1) is 0 Å². The Bertz CT molecular complexity index is 1560. The van der Waals surface area contributed by atoms with Crippen molar-refractivity contribution in [3.05, 3.63) is 119 Å². The Labute approximate surface area is 229 Å². The number of pyridine rings is 1. The molecule has 3 heterocycles. The molecule has 0 aliphatic heterocycles. The number of carbonyl (C=O) groups excluding carboxylic acids is 1. The first-order valence-corrected chi connectivity index (χ1v) is 12.9. The third kappa shape index (κ3) is 6.95. The van der Waals surface area contributed by atoms with E-state index in [1.165, 1.54) is 12.3 Å². The van der Waals surface area contributed by atoms with Crippen LogP contribution in [0.25, 0.3) is 10.9 Å². The number of hydrogen-bond acceptors (Lipinski definition) is 5. The average Bonchev–Trinajstić information content (AvgIpc) is 3.59. The smallest absolute Gasteiger partial charge is 0.416 e. The fourth-order valence-electron chi connectivity index (χ4n) is 4.55. The minimum absolute atomic E-state index is 0.145. The first-order chi connectivity index (χ1) is 19.3. The summed E-state index contributed by atoms with van der Waals surface area (Å²) >= 11 is 0. The van der Waals surface area contributed by atoms with Crippen molar-refractivity contribution in [3.8, 4) is 0 Å². The normalized spacial score (nSPS) is 11.8. The van der Waals surface area contributed by atoms with Gasteiger partial charge in [0.1, 0.15) is 6.26 Å². The molecule has 0 fully saturated rings. The molecule has 0 aliphatic carbocycles. The van der Waals surface area contributed by atoms with Crippen LogP contribution in [-0.2, 0) is 32.1 Å². The van der Waals surface area contributed by atoms with Crippen LogP contribution in [0.15, 0.2) is 89.8 Å². The fraction of sp³-hybridized carbons (Fsp3) is 0.233. The van der Waals surface area contributed by atoms with E-state index in [0.29, 0.717) is 37.4 Å². The molecule has 0 spiro atoms. The fourth-order valence-corrected chi connectivity index (χ4v) is 4.55. The number of aromatic amines is 1. The van der Waals surface area contributed by atoms with E-state index in [1.54, 1.807) is 12.3 Å². The maximum absolute atomic E-state index is 13.3. The van der Waals surface area contributed by atoms with Crippen LogP contribution in [0.5, 0.6) is 0 Å². The number of halogens is 3. The van der Waals surface area contributed by atoms with Gasteiger partial charge < -0.3 is 14.7 Å². The SMILES string of the molecule is O=C(NCCc1ccccn1)c1coc(CN(CCc2c[nH]c3ccccc23)Cc2cccc(C(F)(F)F)c2)n1. The Hall–Kier alpha value is -4.44. The van der Waals surface area contributed by atoms with Crippen molar-refractivity contribution >= 4 is 16.8 Å². The quantitative estimate of drug-likeness (QED) is 0.219. The summed E-state index contributed by atoms with van der Waals surface area (Å²) in [7, 11) is 0. The van der Waals surface area contributed by atoms with E-state index in [1.807, 2.05) is 53.6 Å². The lowest BCUT2D eigenvalue weighted by molar-refractivity contribution is -0.137. The summed E-state index contributed by atoms with van der Waals surface area (Å²) in [5, 5.41) is 3.91. The van der Waals surface area contributed by atoms with Gasteiger partial charge >= 0.3 is 6.18 Å². The monoisotopic (exact) mass is 547 g/mol. The summed E-state index contributed by atoms with van der Waals surface area (Å²) in [6.07, 6.45) is 1.76. The molecular weight excluding hydrogens is 519 g/mol. The lowest BCUT2D eigenvalue weighted by atomic mass is 10.1. The van der Waals surface area contributed by atoms with Crippen molar-refractivity contribution in [2.24, 2.45) is 0 Å². The molecule has 3 aromatic heterocycles. The van der Waals surface area contributed by atoms with E-state index in [4.69, 9.17) is 4.42 Å². The second-order valence-electron chi connectivity index (χ2n) is 9.47. The van der Waals surface area contributed by atoms with Gasteiger partial charge in [-0.2, -0.15) is 13.2 Å². The topological polar surface area (TPSA) is 87.0 Å². The van der Waals surface area contributed by atoms with Gasteiger partial charge in [-0.25, -0.2) is 4.98 Å². The van der Waals surface area contributed by atoms with Crippen molar-refractivity contribution in [2.75, 3.05) is 13.1 Å². The van der Waals surface area contributed by atoms with E-state index >= 15 is 0 Å². The number of fused-ring (bicyclic) bond motifs is 1. The van der Waals surface area contributed by atoms with Gasteiger partial charge in [0.2, 0.25) is 5.89 Å². The Kier molecular flexibility index (Phi) is 8.26. The van der Waals surface area contributed by atoms with Crippen molar-refractivity contribution < 1.29 is 22.4 Å². The van der Waals surface area contributed by atoms with Crippen LogP contribution in [0.3, 0.4) is 0 Å². The molecule has 2 aromatic carbocycles. The molecule has 0 saturated carbocycles. The minimum Gasteiger partial charge on any atom is -0.447 e. The maximum Gasteiger partial charge on any atom is 0.416 e. The zero-order valence-electron chi connectivity index (χ0n) is 21.6. The number of nitrogens with one attached hydrogen (secondary N) is 2. The van der Waals surface area contributed by atoms with Crippen molar-refractivity contribution in [2.45, 2.75) is 32.1 Å². The summed E-state index contributed by atoms with van der Waals surface area (Å²) in [4.78, 5) is 26.4. The molecule has 206 valence electrons. The highest BCUT2D eigenvalue weighted by Gasteiger charge is 2.30. The third-order valence-electron chi connectivity index (χ3n) is 6.57. The number of benzene rings is 2. The number of hydrogen-bond donors (Lipinski definition) is 2. The Morgan fingerprint density at radius 3 is 2.67 bits per heavy atom. The molecular formula is C30H28F3N5O2. The zero-order valence-corrected chi connectivity index (χ0v) is 21.6. The molecule has 1 amide bonds. The summed E-state index contributed by atoms with van der Waals surface area (Å²) in [6, 6.07) is 18.9. The standard InChI is InChI=1S/C30H28F3N5O2/c31-30(32,33)23-7-5-6-21(16-23)18-38(15-12-22-17-36-26-10-2-1-9-25(22)26)19-28-37-27(20-40-28)29(39)35-14-11-24-8-3-4-13-34-24/h1-10,13,16-17,20,36H,11-12,14-15,18-19H2,(H,35,39). The molecule has 10 heteroatoms. The lowest BCUT2D eigenvalue weighted by Gasteiger charge is -2.21. The number of carbonyl (C=O) groups is 1. The average molecular weight is 548 g/mol. The summed E-state index contributed by atoms with van der Waals surface area (Å²) in [5.41, 5.74) is 2.96. The van der Waals surface area contributed by atoms with E-state index in [2.05, 4.69) is 20.3 Å². The van der Waals surface area contributed by atoms with Gasteiger partial charge in [-0.15, -0.1) is 0 Å². The number of rotatable bonds is 11. The predicted octanol–water partition coefficient (Wildman–Crippen LogP) is 5.79. The number of oxazole rings is 1. The molecule has 5 rings (SSSR count). The Balaban J connectivity index is 1.27. The minimum atomic E-state index is -4.42. The van der Waals surface area contributed by atoms with E-state index in [9.17, 15) is 18.0 Å². The molecule has 5 aromatic rings. The van der Waals surface area contributed by atoms with E-state index in [0.717, 1.165) is 34.3 Å². The second kappa shape index (κ2) is 12.2. The lowest BCUT2D eigenvalue weighted by Crippen LogP contribution is -2.27. The summed E-state index contributed by atoms with van der Waals surface area (Å²) < 4.78 is 45.5. The number of H-pyrrole nitrogens is 1. The number of para-hydroxylation sites is 1. The van der Waals surface area contributed by atoms with Gasteiger partial charge in [0.05, 0.1) is 12.1 Å². The Morgan fingerprint density at radius 2 is 1.85 bits per heavy atom. The number of aromatic nitrogens is 3. The molecule has 7 nitrogen and oxygen atoms in total. The van der Waals surface area contributed by atoms with Gasteiger partial charge in [-0.05, 0) is 41.8 Å². The maximum atomic E-state index is 13.3. The number of alkyl halides is 3. The molecule has 2 N–H and O–H groups in total. The van der Waals surface area contributed by atoms with Crippen LogP contribution in [0.1, 0.15) is 38.8 Å². The molecule has 40 heavy (non-hydrogen) atoms. The van der Waals surface area contributed by atoms with Gasteiger partial charge in [0, 0.05) is 55.0 Å². The first kappa shape index (κ1) is 27.1. The van der Waals surface area contributed by atoms with Gasteiger partial charge in [0.25, 0.3) is 5.91 Å². The largest absolute Gasteiger partial charge is 0.447 e. The van der Waals surface area contributed by atoms with E-state index in [-0.39, 0.29) is 24.7 Å². The van der Waals surface area contributed by atoms with Crippen molar-refractivity contribution in [1.82, 2.24) is 25.2 Å². The molecule has 0 atom stereocenters. The molecule has 0 saturated heterocycles. The molecule has 0 unspecified atom stereocenters. The van der Waals surface area contributed by atoms with Crippen LogP contribution in [-0.4, -0.2) is 38.8 Å². The first-order valence-electron chi connectivity index (χ1n) is 12.9. The number of amides is 1. The van der Waals surface area contributed by atoms with Crippen LogP contribution < -0.4 is 5.32 Å². The molecule has 0 bridgehead atoms. The summed E-state index contributed by atoms with van der Waals surface area (Å²) in [5.74, 6) is -0.0602. The zero-order chi connectivity index (χ0) is 28.0. The predicted molar refractivity (Wildman–Crippen MR) is 144 cm³/mol.